The molecule has 2 atom stereocenters. The molecular weight excluding hydrogens is 270 g/mol. The lowest BCUT2D eigenvalue weighted by atomic mass is 10.0. The third kappa shape index (κ3) is 4.34. The number of hydrogen-bond donors (Lipinski definition) is 1. The van der Waals surface area contributed by atoms with Gasteiger partial charge in [-0.15, -0.1) is 0 Å². The van der Waals surface area contributed by atoms with Gasteiger partial charge >= 0.3 is 0 Å². The van der Waals surface area contributed by atoms with Gasteiger partial charge in [-0.05, 0) is 30.9 Å². The standard InChI is InChI=1S/C15H23N3OS/c1-13-6-5-10-18(12-13)15(16)17-9-11-20(19)14-7-3-2-4-8-14/h2-4,7-8,13H,5-6,9-12H2,1H3,(H2,16,17). The molecule has 0 spiro atoms. The molecule has 1 aliphatic heterocycles. The van der Waals surface area contributed by atoms with Gasteiger partial charge in [0, 0.05) is 23.7 Å². The molecule has 1 aliphatic rings. The second-order valence-corrected chi connectivity index (χ2v) is 6.87. The van der Waals surface area contributed by atoms with Crippen molar-refractivity contribution < 1.29 is 4.21 Å². The number of rotatable bonds is 4. The average molecular weight is 293 g/mol. The Kier molecular flexibility index (Phi) is 5.59. The Balaban J connectivity index is 1.82. The van der Waals surface area contributed by atoms with Crippen molar-refractivity contribution >= 4 is 16.8 Å². The zero-order valence-corrected chi connectivity index (χ0v) is 12.8. The van der Waals surface area contributed by atoms with E-state index in [4.69, 9.17) is 5.73 Å². The first-order chi connectivity index (χ1) is 9.66. The number of guanidine groups is 1. The van der Waals surface area contributed by atoms with Crippen molar-refractivity contribution in [3.63, 3.8) is 0 Å². The highest BCUT2D eigenvalue weighted by atomic mass is 32.2. The van der Waals surface area contributed by atoms with Gasteiger partial charge in [-0.3, -0.25) is 9.20 Å². The topological polar surface area (TPSA) is 58.7 Å². The van der Waals surface area contributed by atoms with Crippen LogP contribution in [0.4, 0.5) is 0 Å². The van der Waals surface area contributed by atoms with E-state index in [1.165, 1.54) is 12.8 Å². The van der Waals surface area contributed by atoms with Crippen LogP contribution in [0.25, 0.3) is 0 Å². The summed E-state index contributed by atoms with van der Waals surface area (Å²) in [6.45, 7) is 4.72. The Morgan fingerprint density at radius 1 is 1.45 bits per heavy atom. The molecule has 0 aromatic heterocycles. The van der Waals surface area contributed by atoms with Gasteiger partial charge in [0.15, 0.2) is 5.96 Å². The summed E-state index contributed by atoms with van der Waals surface area (Å²) in [7, 11) is -0.993. The largest absolute Gasteiger partial charge is 0.370 e. The summed E-state index contributed by atoms with van der Waals surface area (Å²) in [5, 5.41) is 0. The first-order valence-corrected chi connectivity index (χ1v) is 8.47. The van der Waals surface area contributed by atoms with E-state index in [0.29, 0.717) is 24.2 Å². The number of piperidine rings is 1. The Labute approximate surface area is 123 Å². The fourth-order valence-corrected chi connectivity index (χ4v) is 3.38. The van der Waals surface area contributed by atoms with Crippen LogP contribution >= 0.6 is 0 Å². The number of benzene rings is 1. The molecular formula is C15H23N3OS. The molecule has 1 aromatic rings. The summed E-state index contributed by atoms with van der Waals surface area (Å²) >= 11 is 0. The molecule has 0 aliphatic carbocycles. The molecule has 0 saturated carbocycles. The number of likely N-dealkylation sites (tertiary alicyclic amines) is 1. The van der Waals surface area contributed by atoms with Crippen molar-refractivity contribution in [2.24, 2.45) is 16.6 Å². The lowest BCUT2D eigenvalue weighted by Gasteiger charge is -2.31. The van der Waals surface area contributed by atoms with E-state index < -0.39 is 10.8 Å². The maximum atomic E-state index is 12.0. The highest BCUT2D eigenvalue weighted by Crippen LogP contribution is 2.14. The molecule has 0 radical (unpaired) electrons. The predicted octanol–water partition coefficient (Wildman–Crippen LogP) is 1.84. The Bertz CT molecular complexity index is 475. The van der Waals surface area contributed by atoms with Gasteiger partial charge in [0.25, 0.3) is 0 Å². The zero-order chi connectivity index (χ0) is 14.4. The molecule has 0 amide bonds. The quantitative estimate of drug-likeness (QED) is 0.681. The Morgan fingerprint density at radius 2 is 2.20 bits per heavy atom. The lowest BCUT2D eigenvalue weighted by Crippen LogP contribution is -2.43. The maximum Gasteiger partial charge on any atom is 0.191 e. The van der Waals surface area contributed by atoms with Crippen molar-refractivity contribution in [3.8, 4) is 0 Å². The maximum absolute atomic E-state index is 12.0. The van der Waals surface area contributed by atoms with Crippen molar-refractivity contribution in [2.75, 3.05) is 25.4 Å². The minimum absolute atomic E-state index is 0.512. The summed E-state index contributed by atoms with van der Waals surface area (Å²) < 4.78 is 12.0. The summed E-state index contributed by atoms with van der Waals surface area (Å²) in [6.07, 6.45) is 2.44. The van der Waals surface area contributed by atoms with Crippen LogP contribution < -0.4 is 5.73 Å². The molecule has 5 heteroatoms. The van der Waals surface area contributed by atoms with Crippen molar-refractivity contribution in [1.29, 1.82) is 0 Å². The van der Waals surface area contributed by atoms with Gasteiger partial charge in [-0.25, -0.2) is 0 Å². The first kappa shape index (κ1) is 15.0. The number of aliphatic imine (C=N–C) groups is 1. The Morgan fingerprint density at radius 3 is 2.90 bits per heavy atom. The molecule has 1 saturated heterocycles. The van der Waals surface area contributed by atoms with Crippen LogP contribution in [0, 0.1) is 5.92 Å². The van der Waals surface area contributed by atoms with E-state index in [-0.39, 0.29) is 0 Å². The summed E-state index contributed by atoms with van der Waals surface area (Å²) in [5.74, 6) is 1.80. The average Bonchev–Trinajstić information content (AvgIpc) is 2.48. The number of nitrogens with zero attached hydrogens (tertiary/aromatic N) is 2. The third-order valence-electron chi connectivity index (χ3n) is 3.54. The molecule has 1 heterocycles. The van der Waals surface area contributed by atoms with Gasteiger partial charge in [-0.1, -0.05) is 25.1 Å². The van der Waals surface area contributed by atoms with Gasteiger partial charge in [0.1, 0.15) is 0 Å². The highest BCUT2D eigenvalue weighted by molar-refractivity contribution is 7.85. The predicted molar refractivity (Wildman–Crippen MR) is 84.2 cm³/mol. The molecule has 2 unspecified atom stereocenters. The molecule has 1 aromatic carbocycles. The fraction of sp³-hybridized carbons (Fsp3) is 0.533. The Hall–Kier alpha value is -1.36. The van der Waals surface area contributed by atoms with Gasteiger partial charge in [0.2, 0.25) is 0 Å². The van der Waals surface area contributed by atoms with Crippen LogP contribution in [-0.2, 0) is 10.8 Å². The van der Waals surface area contributed by atoms with Crippen molar-refractivity contribution in [2.45, 2.75) is 24.7 Å². The summed E-state index contributed by atoms with van der Waals surface area (Å²) in [4.78, 5) is 7.37. The summed E-state index contributed by atoms with van der Waals surface area (Å²) in [6, 6.07) is 9.50. The molecule has 110 valence electrons. The van der Waals surface area contributed by atoms with Crippen molar-refractivity contribution in [3.05, 3.63) is 30.3 Å². The fourth-order valence-electron chi connectivity index (χ4n) is 2.43. The zero-order valence-electron chi connectivity index (χ0n) is 12.0. The number of nitrogens with two attached hydrogens (primary N) is 1. The highest BCUT2D eigenvalue weighted by Gasteiger charge is 2.17. The monoisotopic (exact) mass is 293 g/mol. The lowest BCUT2D eigenvalue weighted by molar-refractivity contribution is 0.270. The van der Waals surface area contributed by atoms with Gasteiger partial charge in [0.05, 0.1) is 17.3 Å². The van der Waals surface area contributed by atoms with E-state index in [2.05, 4.69) is 16.8 Å². The minimum Gasteiger partial charge on any atom is -0.370 e. The molecule has 2 N–H and O–H groups in total. The SMILES string of the molecule is CC1CCCN(C(N)=NCCS(=O)c2ccccc2)C1. The van der Waals surface area contributed by atoms with E-state index >= 15 is 0 Å². The van der Waals surface area contributed by atoms with Crippen molar-refractivity contribution in [1.82, 2.24) is 4.90 Å². The third-order valence-corrected chi connectivity index (χ3v) is 4.89. The van der Waals surface area contributed by atoms with Crippen LogP contribution in [0.2, 0.25) is 0 Å². The van der Waals surface area contributed by atoms with E-state index in [1.807, 2.05) is 30.3 Å². The molecule has 2 rings (SSSR count). The molecule has 0 bridgehead atoms. The molecule has 1 fully saturated rings. The van der Waals surface area contributed by atoms with Crippen LogP contribution in [-0.4, -0.2) is 40.5 Å². The van der Waals surface area contributed by atoms with E-state index in [1.54, 1.807) is 0 Å². The molecule has 4 nitrogen and oxygen atoms in total. The summed E-state index contributed by atoms with van der Waals surface area (Å²) in [5.41, 5.74) is 6.01. The van der Waals surface area contributed by atoms with E-state index in [0.717, 1.165) is 18.0 Å². The second kappa shape index (κ2) is 7.43. The second-order valence-electron chi connectivity index (χ2n) is 5.30. The van der Waals surface area contributed by atoms with Gasteiger partial charge < -0.3 is 10.6 Å². The van der Waals surface area contributed by atoms with Crippen LogP contribution in [0.5, 0.6) is 0 Å². The normalized spacial score (nSPS) is 21.8. The van der Waals surface area contributed by atoms with Crippen LogP contribution in [0.1, 0.15) is 19.8 Å². The van der Waals surface area contributed by atoms with Gasteiger partial charge in [-0.2, -0.15) is 0 Å². The number of hydrogen-bond acceptors (Lipinski definition) is 2. The first-order valence-electron chi connectivity index (χ1n) is 7.15. The minimum atomic E-state index is -0.993. The smallest absolute Gasteiger partial charge is 0.191 e. The van der Waals surface area contributed by atoms with E-state index in [9.17, 15) is 4.21 Å². The molecule has 20 heavy (non-hydrogen) atoms. The van der Waals surface area contributed by atoms with Crippen LogP contribution in [0.15, 0.2) is 40.2 Å². The van der Waals surface area contributed by atoms with Crippen LogP contribution in [0.3, 0.4) is 0 Å².